The Morgan fingerprint density at radius 1 is 1.12 bits per heavy atom. The Hall–Kier alpha value is -2.51. The standard InChI is InChI=1S/C18H23N5O2/c1-22-8-10-23(11-9-22)13-15-5-3-2-4-14(15)12-19-18(25)16-6-7-17(24)21-20-16/h2-7H,8-13H2,1H3,(H,19,25)(H,21,24). The summed E-state index contributed by atoms with van der Waals surface area (Å²) in [5.41, 5.74) is 2.20. The predicted octanol–water partition coefficient (Wildman–Crippen LogP) is 0.447. The highest BCUT2D eigenvalue weighted by molar-refractivity contribution is 5.91. The van der Waals surface area contributed by atoms with Gasteiger partial charge in [-0.25, -0.2) is 5.10 Å². The third-order valence-electron chi connectivity index (χ3n) is 4.46. The number of aromatic amines is 1. The van der Waals surface area contributed by atoms with Crippen molar-refractivity contribution in [1.29, 1.82) is 0 Å². The van der Waals surface area contributed by atoms with E-state index in [1.54, 1.807) is 0 Å². The average molecular weight is 341 g/mol. The lowest BCUT2D eigenvalue weighted by Crippen LogP contribution is -2.44. The van der Waals surface area contributed by atoms with Crippen molar-refractivity contribution in [3.8, 4) is 0 Å². The van der Waals surface area contributed by atoms with Crippen molar-refractivity contribution < 1.29 is 4.79 Å². The number of rotatable bonds is 5. The fourth-order valence-electron chi connectivity index (χ4n) is 2.87. The molecule has 25 heavy (non-hydrogen) atoms. The van der Waals surface area contributed by atoms with Crippen molar-refractivity contribution in [2.24, 2.45) is 0 Å². The summed E-state index contributed by atoms with van der Waals surface area (Å²) in [7, 11) is 2.14. The Balaban J connectivity index is 1.61. The smallest absolute Gasteiger partial charge is 0.271 e. The summed E-state index contributed by atoms with van der Waals surface area (Å²) in [6, 6.07) is 10.9. The number of H-pyrrole nitrogens is 1. The number of likely N-dealkylation sites (N-methyl/N-ethyl adjacent to an activating group) is 1. The van der Waals surface area contributed by atoms with Gasteiger partial charge < -0.3 is 10.2 Å². The molecule has 2 heterocycles. The predicted molar refractivity (Wildman–Crippen MR) is 95.2 cm³/mol. The maximum absolute atomic E-state index is 12.2. The summed E-state index contributed by atoms with van der Waals surface area (Å²) in [6.45, 7) is 5.59. The zero-order chi connectivity index (χ0) is 17.6. The quantitative estimate of drug-likeness (QED) is 0.825. The number of carbonyl (C=O) groups excluding carboxylic acids is 1. The molecule has 132 valence electrons. The van der Waals surface area contributed by atoms with Gasteiger partial charge in [0.05, 0.1) is 0 Å². The third-order valence-corrected chi connectivity index (χ3v) is 4.46. The molecular formula is C18H23N5O2. The van der Waals surface area contributed by atoms with Crippen LogP contribution in [0.15, 0.2) is 41.2 Å². The lowest BCUT2D eigenvalue weighted by molar-refractivity contribution is 0.0944. The SMILES string of the molecule is CN1CCN(Cc2ccccc2CNC(=O)c2ccc(=O)[nH]n2)CC1. The van der Waals surface area contributed by atoms with Gasteiger partial charge in [-0.15, -0.1) is 0 Å². The van der Waals surface area contributed by atoms with E-state index < -0.39 is 0 Å². The molecule has 1 amide bonds. The second-order valence-corrected chi connectivity index (χ2v) is 6.34. The van der Waals surface area contributed by atoms with Gasteiger partial charge in [-0.2, -0.15) is 5.10 Å². The van der Waals surface area contributed by atoms with Crippen LogP contribution in [0, 0.1) is 0 Å². The van der Waals surface area contributed by atoms with E-state index in [4.69, 9.17) is 0 Å². The Bertz CT molecular complexity index is 761. The van der Waals surface area contributed by atoms with E-state index in [1.807, 2.05) is 18.2 Å². The molecule has 1 aromatic carbocycles. The third kappa shape index (κ3) is 4.74. The molecule has 7 nitrogen and oxygen atoms in total. The van der Waals surface area contributed by atoms with E-state index in [0.717, 1.165) is 38.3 Å². The first-order valence-electron chi connectivity index (χ1n) is 8.43. The molecule has 3 rings (SSSR count). The zero-order valence-electron chi connectivity index (χ0n) is 14.4. The Kier molecular flexibility index (Phi) is 5.57. The lowest BCUT2D eigenvalue weighted by Gasteiger charge is -2.32. The molecule has 0 bridgehead atoms. The fraction of sp³-hybridized carbons (Fsp3) is 0.389. The van der Waals surface area contributed by atoms with Crippen LogP contribution >= 0.6 is 0 Å². The fourth-order valence-corrected chi connectivity index (χ4v) is 2.87. The molecule has 2 N–H and O–H groups in total. The number of hydrogen-bond donors (Lipinski definition) is 2. The number of carbonyl (C=O) groups is 1. The van der Waals surface area contributed by atoms with Crippen molar-refractivity contribution in [2.75, 3.05) is 33.2 Å². The minimum Gasteiger partial charge on any atom is -0.347 e. The largest absolute Gasteiger partial charge is 0.347 e. The van der Waals surface area contributed by atoms with Crippen molar-refractivity contribution in [2.45, 2.75) is 13.1 Å². The molecular weight excluding hydrogens is 318 g/mol. The normalized spacial score (nSPS) is 15.9. The number of hydrogen-bond acceptors (Lipinski definition) is 5. The Morgan fingerprint density at radius 3 is 2.52 bits per heavy atom. The summed E-state index contributed by atoms with van der Waals surface area (Å²) in [4.78, 5) is 27.9. The molecule has 0 unspecified atom stereocenters. The monoisotopic (exact) mass is 341 g/mol. The second-order valence-electron chi connectivity index (χ2n) is 6.34. The summed E-state index contributed by atoms with van der Waals surface area (Å²) < 4.78 is 0. The van der Waals surface area contributed by atoms with Crippen LogP contribution in [0.4, 0.5) is 0 Å². The molecule has 0 spiro atoms. The van der Waals surface area contributed by atoms with Crippen LogP contribution in [0.25, 0.3) is 0 Å². The van der Waals surface area contributed by atoms with Crippen LogP contribution in [0.5, 0.6) is 0 Å². The number of nitrogens with one attached hydrogen (secondary N) is 2. The lowest BCUT2D eigenvalue weighted by atomic mass is 10.1. The van der Waals surface area contributed by atoms with Crippen molar-refractivity contribution in [1.82, 2.24) is 25.3 Å². The van der Waals surface area contributed by atoms with Crippen molar-refractivity contribution in [3.63, 3.8) is 0 Å². The Morgan fingerprint density at radius 2 is 1.84 bits per heavy atom. The van der Waals surface area contributed by atoms with Gasteiger partial charge in [0, 0.05) is 45.3 Å². The first kappa shape index (κ1) is 17.3. The number of amides is 1. The van der Waals surface area contributed by atoms with Gasteiger partial charge in [0.15, 0.2) is 0 Å². The Labute approximate surface area is 146 Å². The van der Waals surface area contributed by atoms with E-state index in [0.29, 0.717) is 6.54 Å². The second kappa shape index (κ2) is 8.04. The molecule has 0 radical (unpaired) electrons. The number of piperazine rings is 1. The summed E-state index contributed by atoms with van der Waals surface area (Å²) >= 11 is 0. The molecule has 1 aliphatic rings. The highest BCUT2D eigenvalue weighted by Crippen LogP contribution is 2.13. The first-order chi connectivity index (χ1) is 12.1. The van der Waals surface area contributed by atoms with Gasteiger partial charge in [-0.3, -0.25) is 14.5 Å². The molecule has 1 fully saturated rings. The van der Waals surface area contributed by atoms with Crippen LogP contribution < -0.4 is 10.9 Å². The summed E-state index contributed by atoms with van der Waals surface area (Å²) in [5.74, 6) is -0.300. The highest BCUT2D eigenvalue weighted by Gasteiger charge is 2.15. The van der Waals surface area contributed by atoms with E-state index >= 15 is 0 Å². The molecule has 0 saturated carbocycles. The van der Waals surface area contributed by atoms with E-state index in [-0.39, 0.29) is 17.2 Å². The minimum atomic E-state index is -0.325. The van der Waals surface area contributed by atoms with Crippen LogP contribution in [-0.2, 0) is 13.1 Å². The van der Waals surface area contributed by atoms with Gasteiger partial charge in [-0.1, -0.05) is 24.3 Å². The number of nitrogens with zero attached hydrogens (tertiary/aromatic N) is 3. The topological polar surface area (TPSA) is 81.3 Å². The zero-order valence-corrected chi connectivity index (χ0v) is 14.4. The van der Waals surface area contributed by atoms with Crippen LogP contribution in [0.2, 0.25) is 0 Å². The molecule has 1 saturated heterocycles. The summed E-state index contributed by atoms with van der Waals surface area (Å²) in [6.07, 6.45) is 0. The molecule has 1 aromatic heterocycles. The van der Waals surface area contributed by atoms with Crippen LogP contribution in [0.3, 0.4) is 0 Å². The van der Waals surface area contributed by atoms with Gasteiger partial charge in [-0.05, 0) is 24.2 Å². The average Bonchev–Trinajstić information content (AvgIpc) is 2.63. The molecule has 2 aromatic rings. The number of aromatic nitrogens is 2. The van der Waals surface area contributed by atoms with Gasteiger partial charge in [0.2, 0.25) is 0 Å². The molecule has 7 heteroatoms. The van der Waals surface area contributed by atoms with Gasteiger partial charge in [0.1, 0.15) is 5.69 Å². The molecule has 0 aliphatic carbocycles. The van der Waals surface area contributed by atoms with Crippen LogP contribution in [-0.4, -0.2) is 59.1 Å². The van der Waals surface area contributed by atoms with E-state index in [2.05, 4.69) is 38.4 Å². The van der Waals surface area contributed by atoms with Gasteiger partial charge >= 0.3 is 0 Å². The van der Waals surface area contributed by atoms with Crippen LogP contribution in [0.1, 0.15) is 21.6 Å². The highest BCUT2D eigenvalue weighted by atomic mass is 16.2. The molecule has 1 aliphatic heterocycles. The maximum atomic E-state index is 12.2. The van der Waals surface area contributed by atoms with Crippen molar-refractivity contribution in [3.05, 3.63) is 63.6 Å². The van der Waals surface area contributed by atoms with Crippen molar-refractivity contribution >= 4 is 5.91 Å². The van der Waals surface area contributed by atoms with E-state index in [9.17, 15) is 9.59 Å². The first-order valence-corrected chi connectivity index (χ1v) is 8.43. The maximum Gasteiger partial charge on any atom is 0.271 e. The van der Waals surface area contributed by atoms with Gasteiger partial charge in [0.25, 0.3) is 11.5 Å². The minimum absolute atomic E-state index is 0.205. The number of benzene rings is 1. The van der Waals surface area contributed by atoms with E-state index in [1.165, 1.54) is 17.7 Å². The summed E-state index contributed by atoms with van der Waals surface area (Å²) in [5, 5.41) is 8.89. The molecule has 0 atom stereocenters.